The number of morpholine rings is 1. The number of ketones is 2. The van der Waals surface area contributed by atoms with Crippen LogP contribution in [0.4, 0.5) is 4.79 Å². The number of carbonyl (C=O) groups is 4. The first-order valence-corrected chi connectivity index (χ1v) is 12.9. The monoisotopic (exact) mass is 541 g/mol. The van der Waals surface area contributed by atoms with Crippen molar-refractivity contribution in [2.24, 2.45) is 17.6 Å². The summed E-state index contributed by atoms with van der Waals surface area (Å²) in [6, 6.07) is 1.48. The van der Waals surface area contributed by atoms with Gasteiger partial charge in [0.2, 0.25) is 5.78 Å². The summed E-state index contributed by atoms with van der Waals surface area (Å²) >= 11 is 0. The highest BCUT2D eigenvalue weighted by Crippen LogP contribution is 2.52. The van der Waals surface area contributed by atoms with Crippen LogP contribution in [0.15, 0.2) is 23.0 Å². The molecule has 4 aliphatic rings. The van der Waals surface area contributed by atoms with Crippen LogP contribution in [0.25, 0.3) is 5.76 Å². The second-order valence-corrected chi connectivity index (χ2v) is 10.4. The van der Waals surface area contributed by atoms with Gasteiger partial charge >= 0.3 is 6.03 Å². The number of nitrogens with zero attached hydrogens (tertiary/aromatic N) is 1. The highest BCUT2D eigenvalue weighted by molar-refractivity contribution is 6.22. The highest BCUT2D eigenvalue weighted by atomic mass is 16.5. The number of benzene rings is 1. The van der Waals surface area contributed by atoms with E-state index in [2.05, 4.69) is 5.32 Å². The number of primary amides is 1. The van der Waals surface area contributed by atoms with Crippen molar-refractivity contribution >= 4 is 29.3 Å². The summed E-state index contributed by atoms with van der Waals surface area (Å²) in [6.45, 7) is 3.71. The van der Waals surface area contributed by atoms with Gasteiger partial charge in [0.05, 0.1) is 18.8 Å². The number of aromatic hydroxyl groups is 1. The number of aliphatic hydroxyl groups excluding tert-OH is 2. The van der Waals surface area contributed by atoms with Gasteiger partial charge in [0, 0.05) is 37.5 Å². The molecular formula is C27H31N3O9. The number of rotatable bonds is 4. The summed E-state index contributed by atoms with van der Waals surface area (Å²) in [7, 11) is 0. The number of urea groups is 1. The third-order valence-corrected chi connectivity index (χ3v) is 8.34. The zero-order valence-electron chi connectivity index (χ0n) is 21.5. The number of nitrogens with one attached hydrogen (secondary N) is 1. The topological polar surface area (TPSA) is 200 Å². The summed E-state index contributed by atoms with van der Waals surface area (Å²) in [6.07, 6.45) is 0.223. The van der Waals surface area contributed by atoms with Crippen molar-refractivity contribution in [2.45, 2.75) is 44.8 Å². The van der Waals surface area contributed by atoms with Gasteiger partial charge in [-0.05, 0) is 41.9 Å². The Morgan fingerprint density at radius 3 is 2.49 bits per heavy atom. The first-order valence-electron chi connectivity index (χ1n) is 12.9. The Morgan fingerprint density at radius 1 is 1.15 bits per heavy atom. The van der Waals surface area contributed by atoms with Crippen molar-refractivity contribution in [1.82, 2.24) is 10.2 Å². The average Bonchev–Trinajstić information content (AvgIpc) is 2.90. The molecule has 12 nitrogen and oxygen atoms in total. The summed E-state index contributed by atoms with van der Waals surface area (Å²) in [5.41, 5.74) is 3.29. The fourth-order valence-electron chi connectivity index (χ4n) is 6.30. The fraction of sp³-hybridized carbons (Fsp3) is 0.481. The number of hydrogen-bond donors (Lipinski definition) is 6. The number of Topliss-reactive ketones (excluding diaryl/α,β-unsaturated/α-hetero) is 2. The molecule has 3 unspecified atom stereocenters. The Labute approximate surface area is 223 Å². The summed E-state index contributed by atoms with van der Waals surface area (Å²) in [5, 5.41) is 47.4. The summed E-state index contributed by atoms with van der Waals surface area (Å²) < 4.78 is 5.29. The predicted octanol–water partition coefficient (Wildman–Crippen LogP) is 0.528. The van der Waals surface area contributed by atoms with Crippen LogP contribution >= 0.6 is 0 Å². The fourth-order valence-corrected chi connectivity index (χ4v) is 6.30. The summed E-state index contributed by atoms with van der Waals surface area (Å²) in [4.78, 5) is 52.4. The molecule has 0 aromatic heterocycles. The van der Waals surface area contributed by atoms with Gasteiger partial charge in [-0.1, -0.05) is 13.0 Å². The minimum atomic E-state index is -2.61. The maximum absolute atomic E-state index is 13.7. The third kappa shape index (κ3) is 4.05. The minimum Gasteiger partial charge on any atom is -0.508 e. The van der Waals surface area contributed by atoms with Gasteiger partial charge in [0.15, 0.2) is 11.4 Å². The molecule has 7 N–H and O–H groups in total. The Balaban J connectivity index is 1.57. The van der Waals surface area contributed by atoms with Crippen LogP contribution in [0.2, 0.25) is 0 Å². The molecule has 1 aliphatic heterocycles. The van der Waals surface area contributed by atoms with Gasteiger partial charge in [-0.25, -0.2) is 4.79 Å². The lowest BCUT2D eigenvalue weighted by atomic mass is 9.59. The van der Waals surface area contributed by atoms with Crippen LogP contribution in [0.5, 0.6) is 5.75 Å². The third-order valence-electron chi connectivity index (χ3n) is 8.34. The van der Waals surface area contributed by atoms with Gasteiger partial charge in [0.1, 0.15) is 22.8 Å². The highest BCUT2D eigenvalue weighted by Gasteiger charge is 2.60. The number of aryl methyl sites for hydroxylation is 1. The van der Waals surface area contributed by atoms with Crippen LogP contribution in [-0.4, -0.2) is 80.7 Å². The number of aliphatic hydroxyl groups is 3. The van der Waals surface area contributed by atoms with Crippen LogP contribution in [0.1, 0.15) is 42.0 Å². The van der Waals surface area contributed by atoms with E-state index in [0.717, 1.165) is 0 Å². The van der Waals surface area contributed by atoms with Gasteiger partial charge in [0.25, 0.3) is 5.91 Å². The maximum Gasteiger partial charge on any atom is 0.317 e. The smallest absolute Gasteiger partial charge is 0.317 e. The molecule has 3 atom stereocenters. The number of hydrogen-bond acceptors (Lipinski definition) is 9. The quantitative estimate of drug-likeness (QED) is 0.294. The van der Waals surface area contributed by atoms with Crippen molar-refractivity contribution < 1.29 is 44.3 Å². The lowest BCUT2D eigenvalue weighted by Gasteiger charge is -2.46. The zero-order valence-corrected chi connectivity index (χ0v) is 21.5. The van der Waals surface area contributed by atoms with E-state index in [0.29, 0.717) is 49.4 Å². The van der Waals surface area contributed by atoms with Gasteiger partial charge in [-0.3, -0.25) is 14.4 Å². The summed E-state index contributed by atoms with van der Waals surface area (Å²) in [5.74, 6) is -6.65. The molecule has 12 heteroatoms. The molecule has 3 aliphatic carbocycles. The second-order valence-electron chi connectivity index (χ2n) is 10.4. The molecule has 1 saturated heterocycles. The van der Waals surface area contributed by atoms with Crippen LogP contribution in [-0.2, 0) is 38.5 Å². The number of phenolic OH excluding ortho intramolecular Hbond substituents is 1. The minimum absolute atomic E-state index is 0.0251. The van der Waals surface area contributed by atoms with Crippen LogP contribution < -0.4 is 11.1 Å². The standard InChI is InChI=1S/C27H31N3O9/c1-2-12-7-14(11-29-26(37)30-3-5-39-6-4-30)16-9-13-8-15-10-17(31)20(25(28)36)24(35)27(15,38)23(34)18(13)22(33)19(16)21(12)32/h7,13,15,32-33,35,38H,2-6,8-11H2,1H3,(H2,28,36)(H,29,37). The van der Waals surface area contributed by atoms with E-state index in [9.17, 15) is 39.6 Å². The Kier molecular flexibility index (Phi) is 6.63. The molecular weight excluding hydrogens is 510 g/mol. The molecule has 39 heavy (non-hydrogen) atoms. The molecule has 3 amide bonds. The SMILES string of the molecule is CCc1cc(CNC(=O)N2CCOCC2)c2c(c1O)C(O)=C1C(=O)C3(O)C(O)=C(C(N)=O)C(=O)CC3CC1C2. The zero-order chi connectivity index (χ0) is 28.2. The van der Waals surface area contributed by atoms with E-state index >= 15 is 0 Å². The van der Waals surface area contributed by atoms with E-state index in [4.69, 9.17) is 10.5 Å². The van der Waals surface area contributed by atoms with Crippen molar-refractivity contribution in [3.63, 3.8) is 0 Å². The van der Waals surface area contributed by atoms with Crippen LogP contribution in [0.3, 0.4) is 0 Å². The number of nitrogens with two attached hydrogens (primary N) is 1. The molecule has 208 valence electrons. The number of amides is 3. The Morgan fingerprint density at radius 2 is 1.85 bits per heavy atom. The average molecular weight is 542 g/mol. The van der Waals surface area contributed by atoms with Crippen molar-refractivity contribution in [3.8, 4) is 5.75 Å². The predicted molar refractivity (Wildman–Crippen MR) is 135 cm³/mol. The normalized spacial score (nSPS) is 26.7. The maximum atomic E-state index is 13.7. The van der Waals surface area contributed by atoms with Gasteiger partial charge < -0.3 is 41.1 Å². The lowest BCUT2D eigenvalue weighted by molar-refractivity contribution is -0.147. The largest absolute Gasteiger partial charge is 0.508 e. The number of ether oxygens (including phenoxy) is 1. The Hall–Kier alpha value is -3.90. The van der Waals surface area contributed by atoms with Gasteiger partial charge in [-0.15, -0.1) is 0 Å². The lowest BCUT2D eigenvalue weighted by Crippen LogP contribution is -2.58. The van der Waals surface area contributed by atoms with Crippen LogP contribution in [0, 0.1) is 11.8 Å². The second kappa shape index (κ2) is 9.69. The Bertz CT molecular complexity index is 1360. The van der Waals surface area contributed by atoms with Gasteiger partial charge in [-0.2, -0.15) is 0 Å². The molecule has 0 radical (unpaired) electrons. The number of phenols is 1. The molecule has 2 fully saturated rings. The van der Waals surface area contributed by atoms with Crippen molar-refractivity contribution in [1.29, 1.82) is 0 Å². The van der Waals surface area contributed by atoms with E-state index < -0.39 is 52.0 Å². The van der Waals surface area contributed by atoms with E-state index in [1.54, 1.807) is 17.9 Å². The first kappa shape index (κ1) is 26.7. The first-order chi connectivity index (χ1) is 18.5. The molecule has 0 bridgehead atoms. The van der Waals surface area contributed by atoms with E-state index in [1.165, 1.54) is 0 Å². The van der Waals surface area contributed by atoms with Crippen molar-refractivity contribution in [2.75, 3.05) is 26.3 Å². The van der Waals surface area contributed by atoms with E-state index in [-0.39, 0.29) is 48.7 Å². The molecule has 0 spiro atoms. The molecule has 5 rings (SSSR count). The molecule has 1 saturated carbocycles. The van der Waals surface area contributed by atoms with Crippen molar-refractivity contribution in [3.05, 3.63) is 45.2 Å². The molecule has 1 aromatic rings. The molecule has 1 aromatic carbocycles. The number of carbonyl (C=O) groups excluding carboxylic acids is 4. The molecule has 1 heterocycles. The number of fused-ring (bicyclic) bond motifs is 3. The van der Waals surface area contributed by atoms with E-state index in [1.807, 2.05) is 0 Å².